The third-order valence-corrected chi connectivity index (χ3v) is 4.40. The molecule has 29 heavy (non-hydrogen) atoms. The van der Waals surface area contributed by atoms with Crippen molar-refractivity contribution in [3.8, 4) is 11.5 Å². The molecule has 0 atom stereocenters. The zero-order valence-corrected chi connectivity index (χ0v) is 17.6. The molecule has 6 nitrogen and oxygen atoms in total. The van der Waals surface area contributed by atoms with E-state index in [0.29, 0.717) is 19.5 Å². The van der Waals surface area contributed by atoms with Crippen LogP contribution in [0, 0.1) is 27.7 Å². The third kappa shape index (κ3) is 7.86. The molecule has 2 rings (SSSR count). The van der Waals surface area contributed by atoms with Crippen molar-refractivity contribution in [3.05, 3.63) is 58.7 Å². The van der Waals surface area contributed by atoms with E-state index in [2.05, 4.69) is 10.6 Å². The Morgan fingerprint density at radius 3 is 1.55 bits per heavy atom. The first-order chi connectivity index (χ1) is 13.8. The van der Waals surface area contributed by atoms with Gasteiger partial charge in [0.15, 0.2) is 13.2 Å². The van der Waals surface area contributed by atoms with Gasteiger partial charge in [-0.25, -0.2) is 0 Å². The average molecular weight is 399 g/mol. The maximum Gasteiger partial charge on any atom is 0.257 e. The number of benzene rings is 2. The lowest BCUT2D eigenvalue weighted by molar-refractivity contribution is -0.123. The van der Waals surface area contributed by atoms with Crippen LogP contribution in [0.25, 0.3) is 0 Å². The second-order valence-electron chi connectivity index (χ2n) is 7.17. The maximum atomic E-state index is 11.9. The fourth-order valence-electron chi connectivity index (χ4n) is 2.66. The topological polar surface area (TPSA) is 76.7 Å². The summed E-state index contributed by atoms with van der Waals surface area (Å²) in [5.41, 5.74) is 4.16. The van der Waals surface area contributed by atoms with E-state index >= 15 is 0 Å². The molecule has 156 valence electrons. The Morgan fingerprint density at radius 2 is 1.14 bits per heavy atom. The molecule has 0 saturated carbocycles. The number of hydrogen-bond acceptors (Lipinski definition) is 4. The first-order valence-corrected chi connectivity index (χ1v) is 9.78. The summed E-state index contributed by atoms with van der Waals surface area (Å²) >= 11 is 0. The SMILES string of the molecule is Cc1ccc(C)c(OCC(=O)NCCCNC(=O)COc2cc(C)ccc2C)c1. The highest BCUT2D eigenvalue weighted by molar-refractivity contribution is 5.78. The zero-order valence-electron chi connectivity index (χ0n) is 17.6. The molecule has 0 heterocycles. The Kier molecular flexibility index (Phi) is 8.52. The van der Waals surface area contributed by atoms with Crippen LogP contribution < -0.4 is 20.1 Å². The van der Waals surface area contributed by atoms with Crippen LogP contribution in [0.4, 0.5) is 0 Å². The molecule has 0 bridgehead atoms. The number of carbonyl (C=O) groups excluding carboxylic acids is 2. The van der Waals surface area contributed by atoms with Crippen molar-refractivity contribution >= 4 is 11.8 Å². The Hall–Kier alpha value is -3.02. The number of aryl methyl sites for hydroxylation is 4. The number of carbonyl (C=O) groups is 2. The molecule has 0 aliphatic heterocycles. The number of amides is 2. The van der Waals surface area contributed by atoms with Gasteiger partial charge in [-0.05, 0) is 68.5 Å². The molecule has 0 aliphatic rings. The Morgan fingerprint density at radius 1 is 0.724 bits per heavy atom. The summed E-state index contributed by atoms with van der Waals surface area (Å²) in [6.45, 7) is 8.72. The third-order valence-electron chi connectivity index (χ3n) is 4.40. The fraction of sp³-hybridized carbons (Fsp3) is 0.391. The van der Waals surface area contributed by atoms with Gasteiger partial charge in [-0.2, -0.15) is 0 Å². The lowest BCUT2D eigenvalue weighted by Gasteiger charge is -2.11. The van der Waals surface area contributed by atoms with Crippen molar-refractivity contribution in [1.82, 2.24) is 10.6 Å². The minimum absolute atomic E-state index is 0.0274. The summed E-state index contributed by atoms with van der Waals surface area (Å²) in [7, 11) is 0. The van der Waals surface area contributed by atoms with Gasteiger partial charge in [0, 0.05) is 13.1 Å². The van der Waals surface area contributed by atoms with Crippen LogP contribution in [0.3, 0.4) is 0 Å². The van der Waals surface area contributed by atoms with Crippen LogP contribution in [0.2, 0.25) is 0 Å². The van der Waals surface area contributed by atoms with Crippen molar-refractivity contribution in [2.45, 2.75) is 34.1 Å². The molecule has 2 aromatic carbocycles. The van der Waals surface area contributed by atoms with Gasteiger partial charge in [0.1, 0.15) is 11.5 Å². The summed E-state index contributed by atoms with van der Waals surface area (Å²) in [6.07, 6.45) is 0.629. The molecule has 2 N–H and O–H groups in total. The standard InChI is InChI=1S/C23H30N2O4/c1-16-6-8-18(3)20(12-16)28-14-22(26)24-10-5-11-25-23(27)15-29-21-13-17(2)7-9-19(21)4/h6-9,12-13H,5,10-11,14-15H2,1-4H3,(H,24,26)(H,25,27). The molecule has 6 heteroatoms. The van der Waals surface area contributed by atoms with Gasteiger partial charge < -0.3 is 20.1 Å². The summed E-state index contributed by atoms with van der Waals surface area (Å²) < 4.78 is 11.1. The number of hydrogen-bond donors (Lipinski definition) is 2. The van der Waals surface area contributed by atoms with Crippen LogP contribution in [-0.2, 0) is 9.59 Å². The largest absolute Gasteiger partial charge is 0.483 e. The van der Waals surface area contributed by atoms with E-state index in [0.717, 1.165) is 33.8 Å². The van der Waals surface area contributed by atoms with E-state index in [1.54, 1.807) is 0 Å². The number of ether oxygens (including phenoxy) is 2. The molecular weight excluding hydrogens is 368 g/mol. The van der Waals surface area contributed by atoms with Crippen LogP contribution in [0.5, 0.6) is 11.5 Å². The average Bonchev–Trinajstić information content (AvgIpc) is 2.69. The van der Waals surface area contributed by atoms with Gasteiger partial charge in [-0.1, -0.05) is 24.3 Å². The minimum Gasteiger partial charge on any atom is -0.483 e. The highest BCUT2D eigenvalue weighted by atomic mass is 16.5. The van der Waals surface area contributed by atoms with Gasteiger partial charge in [0.25, 0.3) is 11.8 Å². The van der Waals surface area contributed by atoms with Gasteiger partial charge in [-0.3, -0.25) is 9.59 Å². The van der Waals surface area contributed by atoms with E-state index in [1.165, 1.54) is 0 Å². The summed E-state index contributed by atoms with van der Waals surface area (Å²) in [4.78, 5) is 23.8. The van der Waals surface area contributed by atoms with Crippen LogP contribution in [0.1, 0.15) is 28.7 Å². The first-order valence-electron chi connectivity index (χ1n) is 9.78. The summed E-state index contributed by atoms with van der Waals surface area (Å²) in [5.74, 6) is 1.07. The van der Waals surface area contributed by atoms with Crippen molar-refractivity contribution in [2.24, 2.45) is 0 Å². The second kappa shape index (κ2) is 11.1. The van der Waals surface area contributed by atoms with E-state index in [1.807, 2.05) is 64.1 Å². The predicted octanol–water partition coefficient (Wildman–Crippen LogP) is 3.00. The second-order valence-corrected chi connectivity index (χ2v) is 7.17. The quantitative estimate of drug-likeness (QED) is 0.603. The molecule has 2 amide bonds. The van der Waals surface area contributed by atoms with Crippen LogP contribution >= 0.6 is 0 Å². The molecular formula is C23H30N2O4. The van der Waals surface area contributed by atoms with E-state index in [-0.39, 0.29) is 25.0 Å². The molecule has 0 aliphatic carbocycles. The van der Waals surface area contributed by atoms with E-state index in [4.69, 9.17) is 9.47 Å². The summed E-state index contributed by atoms with van der Waals surface area (Å²) in [6, 6.07) is 11.8. The normalized spacial score (nSPS) is 10.3. The maximum absolute atomic E-state index is 11.9. The lowest BCUT2D eigenvalue weighted by Crippen LogP contribution is -2.34. The predicted molar refractivity (Wildman–Crippen MR) is 113 cm³/mol. The smallest absolute Gasteiger partial charge is 0.257 e. The molecule has 0 spiro atoms. The Bertz CT molecular complexity index is 779. The molecule has 0 saturated heterocycles. The van der Waals surface area contributed by atoms with E-state index < -0.39 is 0 Å². The van der Waals surface area contributed by atoms with Crippen molar-refractivity contribution in [1.29, 1.82) is 0 Å². The van der Waals surface area contributed by atoms with Crippen molar-refractivity contribution in [3.63, 3.8) is 0 Å². The lowest BCUT2D eigenvalue weighted by atomic mass is 10.1. The minimum atomic E-state index is -0.185. The highest BCUT2D eigenvalue weighted by Crippen LogP contribution is 2.19. The van der Waals surface area contributed by atoms with Crippen molar-refractivity contribution in [2.75, 3.05) is 26.3 Å². The van der Waals surface area contributed by atoms with Crippen LogP contribution in [0.15, 0.2) is 36.4 Å². The molecule has 0 fully saturated rings. The molecule has 2 aromatic rings. The molecule has 0 aromatic heterocycles. The fourth-order valence-corrected chi connectivity index (χ4v) is 2.66. The van der Waals surface area contributed by atoms with Crippen molar-refractivity contribution < 1.29 is 19.1 Å². The monoisotopic (exact) mass is 398 g/mol. The summed E-state index contributed by atoms with van der Waals surface area (Å²) in [5, 5.41) is 5.57. The van der Waals surface area contributed by atoms with Gasteiger partial charge in [0.05, 0.1) is 0 Å². The number of nitrogens with one attached hydrogen (secondary N) is 2. The first kappa shape index (κ1) is 22.3. The Balaban J connectivity index is 1.57. The van der Waals surface area contributed by atoms with Gasteiger partial charge in [-0.15, -0.1) is 0 Å². The Labute approximate surface area is 172 Å². The molecule has 0 unspecified atom stereocenters. The highest BCUT2D eigenvalue weighted by Gasteiger charge is 2.07. The zero-order chi connectivity index (χ0) is 21.2. The van der Waals surface area contributed by atoms with E-state index in [9.17, 15) is 9.59 Å². The number of rotatable bonds is 10. The van der Waals surface area contributed by atoms with Gasteiger partial charge >= 0.3 is 0 Å². The van der Waals surface area contributed by atoms with Gasteiger partial charge in [0.2, 0.25) is 0 Å². The molecule has 0 radical (unpaired) electrons. The van der Waals surface area contributed by atoms with Crippen LogP contribution in [-0.4, -0.2) is 38.1 Å².